The Morgan fingerprint density at radius 1 is 1.86 bits per heavy atom. The molecule has 1 atom stereocenters. The van der Waals surface area contributed by atoms with Gasteiger partial charge in [-0.2, -0.15) is 0 Å². The number of rotatable bonds is 4. The number of esters is 1. The smallest absolute Gasteiger partial charge is 0.388 e. The number of nitrogens with zero attached hydrogens (tertiary/aromatic N) is 2. The van der Waals surface area contributed by atoms with Gasteiger partial charge < -0.3 is 4.74 Å². The van der Waals surface area contributed by atoms with Crippen LogP contribution in [0.5, 0.6) is 0 Å². The van der Waals surface area contributed by atoms with Crippen LogP contribution in [-0.2, 0) is 9.53 Å². The van der Waals surface area contributed by atoms with E-state index in [1.165, 1.54) is 11.8 Å². The fraction of sp³-hybridized carbons (Fsp3) is 0.714. The Kier molecular flexibility index (Phi) is 3.87. The van der Waals surface area contributed by atoms with Gasteiger partial charge in [-0.05, 0) is 6.92 Å². The van der Waals surface area contributed by atoms with Gasteiger partial charge in [0.2, 0.25) is 0 Å². The molecule has 1 aliphatic rings. The first-order valence-electron chi connectivity index (χ1n) is 4.14. The van der Waals surface area contributed by atoms with Crippen molar-refractivity contribution in [3.63, 3.8) is 0 Å². The SMILES string of the molecule is CCOC(=O)C(C1=NCCS1)[N+](=O)[O-]. The number of carbonyl (C=O) groups excluding carboxylic acids is 1. The molecule has 0 aromatic heterocycles. The van der Waals surface area contributed by atoms with E-state index in [1.807, 2.05) is 0 Å². The van der Waals surface area contributed by atoms with Crippen molar-refractivity contribution in [3.8, 4) is 0 Å². The van der Waals surface area contributed by atoms with Gasteiger partial charge in [0.25, 0.3) is 0 Å². The van der Waals surface area contributed by atoms with Gasteiger partial charge in [-0.1, -0.05) is 0 Å². The van der Waals surface area contributed by atoms with E-state index in [9.17, 15) is 14.9 Å². The highest BCUT2D eigenvalue weighted by Gasteiger charge is 2.38. The zero-order valence-electron chi connectivity index (χ0n) is 7.63. The quantitative estimate of drug-likeness (QED) is 0.386. The Morgan fingerprint density at radius 3 is 3.00 bits per heavy atom. The molecule has 0 saturated carbocycles. The van der Waals surface area contributed by atoms with Crippen LogP contribution in [0.25, 0.3) is 0 Å². The molecule has 78 valence electrons. The summed E-state index contributed by atoms with van der Waals surface area (Å²) in [5, 5.41) is 10.9. The Hall–Kier alpha value is -1.11. The molecule has 1 heterocycles. The number of nitro groups is 1. The third kappa shape index (κ3) is 2.44. The number of carbonyl (C=O) groups is 1. The minimum absolute atomic E-state index is 0.140. The Labute approximate surface area is 84.9 Å². The van der Waals surface area contributed by atoms with Crippen LogP contribution < -0.4 is 0 Å². The lowest BCUT2D eigenvalue weighted by Crippen LogP contribution is -2.37. The van der Waals surface area contributed by atoms with Crippen LogP contribution in [0.3, 0.4) is 0 Å². The maximum atomic E-state index is 11.2. The molecule has 6 nitrogen and oxygen atoms in total. The Balaban J connectivity index is 2.73. The number of ether oxygens (including phenoxy) is 1. The van der Waals surface area contributed by atoms with Gasteiger partial charge in [0.15, 0.2) is 5.04 Å². The van der Waals surface area contributed by atoms with E-state index in [-0.39, 0.29) is 11.7 Å². The minimum Gasteiger partial charge on any atom is -0.461 e. The van der Waals surface area contributed by atoms with E-state index in [2.05, 4.69) is 9.73 Å². The highest BCUT2D eigenvalue weighted by atomic mass is 32.2. The lowest BCUT2D eigenvalue weighted by molar-refractivity contribution is -0.491. The number of aliphatic imine (C=N–C) groups is 1. The zero-order chi connectivity index (χ0) is 10.6. The average Bonchev–Trinajstić information content (AvgIpc) is 2.57. The van der Waals surface area contributed by atoms with Crippen LogP contribution in [0, 0.1) is 10.1 Å². The maximum Gasteiger partial charge on any atom is 0.388 e. The average molecular weight is 218 g/mol. The van der Waals surface area contributed by atoms with Gasteiger partial charge in [0.05, 0.1) is 6.61 Å². The fourth-order valence-electron chi connectivity index (χ4n) is 1.02. The Bertz CT molecular complexity index is 279. The highest BCUT2D eigenvalue weighted by Crippen LogP contribution is 2.17. The van der Waals surface area contributed by atoms with Crippen LogP contribution in [0.2, 0.25) is 0 Å². The van der Waals surface area contributed by atoms with Gasteiger partial charge in [-0.15, -0.1) is 11.8 Å². The molecule has 0 amide bonds. The molecule has 1 rings (SSSR count). The second-order valence-electron chi connectivity index (χ2n) is 2.51. The molecule has 0 aromatic rings. The van der Waals surface area contributed by atoms with Crippen LogP contribution in [-0.4, -0.2) is 40.9 Å². The molecule has 1 aliphatic heterocycles. The van der Waals surface area contributed by atoms with Crippen molar-refractivity contribution in [2.45, 2.75) is 13.0 Å². The lowest BCUT2D eigenvalue weighted by atomic mass is 10.3. The molecule has 0 aliphatic carbocycles. The summed E-state index contributed by atoms with van der Waals surface area (Å²) in [6, 6.07) is -1.43. The van der Waals surface area contributed by atoms with Crippen molar-refractivity contribution in [1.29, 1.82) is 0 Å². The summed E-state index contributed by atoms with van der Waals surface area (Å²) in [5.74, 6) is -0.135. The van der Waals surface area contributed by atoms with E-state index >= 15 is 0 Å². The molecular formula is C7H10N2O4S. The predicted octanol–water partition coefficient (Wildman–Crippen LogP) is 0.340. The summed E-state index contributed by atoms with van der Waals surface area (Å²) in [6.45, 7) is 2.28. The molecular weight excluding hydrogens is 208 g/mol. The van der Waals surface area contributed by atoms with E-state index < -0.39 is 16.9 Å². The van der Waals surface area contributed by atoms with Crippen molar-refractivity contribution >= 4 is 22.8 Å². The molecule has 0 N–H and O–H groups in total. The largest absolute Gasteiger partial charge is 0.461 e. The highest BCUT2D eigenvalue weighted by molar-refractivity contribution is 8.14. The lowest BCUT2D eigenvalue weighted by Gasteiger charge is -2.06. The second kappa shape index (κ2) is 4.94. The van der Waals surface area contributed by atoms with Crippen molar-refractivity contribution in [1.82, 2.24) is 0 Å². The predicted molar refractivity (Wildman–Crippen MR) is 52.2 cm³/mol. The van der Waals surface area contributed by atoms with Crippen LogP contribution >= 0.6 is 11.8 Å². The summed E-state index contributed by atoms with van der Waals surface area (Å²) < 4.78 is 4.60. The number of hydrogen-bond donors (Lipinski definition) is 0. The third-order valence-electron chi connectivity index (χ3n) is 1.56. The summed E-state index contributed by atoms with van der Waals surface area (Å²) in [5.41, 5.74) is 0. The molecule has 0 fully saturated rings. The normalized spacial score (nSPS) is 17.4. The standard InChI is InChI=1S/C7H10N2O4S/c1-2-13-7(10)5(9(11)12)6-8-3-4-14-6/h5H,2-4H2,1H3. The van der Waals surface area contributed by atoms with Crippen LogP contribution in [0.1, 0.15) is 6.92 Å². The molecule has 1 unspecified atom stereocenters. The summed E-state index contributed by atoms with van der Waals surface area (Å²) in [4.78, 5) is 25.1. The van der Waals surface area contributed by atoms with Crippen LogP contribution in [0.4, 0.5) is 0 Å². The van der Waals surface area contributed by atoms with Crippen molar-refractivity contribution in [2.24, 2.45) is 4.99 Å². The number of thioether (sulfide) groups is 1. The fourth-order valence-corrected chi connectivity index (χ4v) is 1.93. The summed E-state index contributed by atoms with van der Waals surface area (Å²) in [7, 11) is 0. The van der Waals surface area contributed by atoms with Crippen LogP contribution in [0.15, 0.2) is 4.99 Å². The van der Waals surface area contributed by atoms with E-state index in [0.717, 1.165) is 0 Å². The topological polar surface area (TPSA) is 81.8 Å². The van der Waals surface area contributed by atoms with E-state index in [0.29, 0.717) is 12.3 Å². The van der Waals surface area contributed by atoms with E-state index in [4.69, 9.17) is 0 Å². The van der Waals surface area contributed by atoms with Crippen molar-refractivity contribution < 1.29 is 14.5 Å². The summed E-state index contributed by atoms with van der Waals surface area (Å²) in [6.07, 6.45) is 0. The third-order valence-corrected chi connectivity index (χ3v) is 2.60. The first-order valence-corrected chi connectivity index (χ1v) is 5.12. The monoisotopic (exact) mass is 218 g/mol. The minimum atomic E-state index is -1.43. The molecule has 0 bridgehead atoms. The summed E-state index contributed by atoms with van der Waals surface area (Å²) >= 11 is 1.24. The molecule has 0 spiro atoms. The Morgan fingerprint density at radius 2 is 2.57 bits per heavy atom. The van der Waals surface area contributed by atoms with Gasteiger partial charge >= 0.3 is 12.0 Å². The maximum absolute atomic E-state index is 11.2. The first-order chi connectivity index (χ1) is 6.66. The van der Waals surface area contributed by atoms with Gasteiger partial charge in [0, 0.05) is 17.2 Å². The van der Waals surface area contributed by atoms with E-state index in [1.54, 1.807) is 6.92 Å². The molecule has 0 saturated heterocycles. The van der Waals surface area contributed by atoms with Crippen molar-refractivity contribution in [2.75, 3.05) is 18.9 Å². The second-order valence-corrected chi connectivity index (χ2v) is 3.62. The molecule has 7 heteroatoms. The first kappa shape index (κ1) is 11.0. The zero-order valence-corrected chi connectivity index (χ0v) is 8.45. The molecule has 0 aromatic carbocycles. The molecule has 0 radical (unpaired) electrons. The van der Waals surface area contributed by atoms with Gasteiger partial charge in [0.1, 0.15) is 0 Å². The van der Waals surface area contributed by atoms with Gasteiger partial charge in [-0.25, -0.2) is 4.79 Å². The van der Waals surface area contributed by atoms with Crippen molar-refractivity contribution in [3.05, 3.63) is 10.1 Å². The van der Waals surface area contributed by atoms with Gasteiger partial charge in [-0.3, -0.25) is 15.1 Å². The number of hydrogen-bond acceptors (Lipinski definition) is 6. The molecule has 14 heavy (non-hydrogen) atoms.